The van der Waals surface area contributed by atoms with E-state index in [9.17, 15) is 9.59 Å². The zero-order chi connectivity index (χ0) is 17.4. The first-order valence-corrected chi connectivity index (χ1v) is 9.02. The Kier molecular flexibility index (Phi) is 4.15. The summed E-state index contributed by atoms with van der Waals surface area (Å²) < 4.78 is 1.81. The highest BCUT2D eigenvalue weighted by atomic mass is 16.2. The second kappa shape index (κ2) is 6.46. The minimum atomic E-state index is -0.422. The van der Waals surface area contributed by atoms with Crippen molar-refractivity contribution in [1.29, 1.82) is 0 Å². The highest BCUT2D eigenvalue weighted by Crippen LogP contribution is 2.26. The molecule has 0 radical (unpaired) electrons. The molecule has 2 aromatic rings. The van der Waals surface area contributed by atoms with Crippen LogP contribution in [0.15, 0.2) is 18.6 Å². The third-order valence-electron chi connectivity index (χ3n) is 5.37. The fourth-order valence-corrected chi connectivity index (χ4v) is 3.97. The van der Waals surface area contributed by atoms with Gasteiger partial charge in [0.2, 0.25) is 5.91 Å². The lowest BCUT2D eigenvalue weighted by Crippen LogP contribution is -2.45. The smallest absolute Gasteiger partial charge is 0.253 e. The maximum Gasteiger partial charge on any atom is 0.253 e. The standard InChI is InChI=1S/C18H23N5O2/c1-22-11-20-15-9-12(10-19-16(15)22)17(24)21-14-7-8-23(18(14)25)13-5-3-2-4-6-13/h9-11,13-14H,2-8H2,1H3,(H,21,24)/t14-/m0/s1. The van der Waals surface area contributed by atoms with Gasteiger partial charge in [0.15, 0.2) is 5.65 Å². The normalized spacial score (nSPS) is 21.9. The maximum absolute atomic E-state index is 12.7. The van der Waals surface area contributed by atoms with Crippen LogP contribution in [0.25, 0.3) is 11.2 Å². The molecule has 0 spiro atoms. The molecule has 0 unspecified atom stereocenters. The number of fused-ring (bicyclic) bond motifs is 1. The highest BCUT2D eigenvalue weighted by molar-refractivity contribution is 5.99. The van der Waals surface area contributed by atoms with Gasteiger partial charge in [0.05, 0.1) is 11.9 Å². The zero-order valence-electron chi connectivity index (χ0n) is 14.4. The summed E-state index contributed by atoms with van der Waals surface area (Å²) in [6.07, 6.45) is 9.73. The van der Waals surface area contributed by atoms with Crippen molar-refractivity contribution in [2.75, 3.05) is 6.54 Å². The van der Waals surface area contributed by atoms with Gasteiger partial charge in [-0.25, -0.2) is 9.97 Å². The topological polar surface area (TPSA) is 80.1 Å². The number of aromatic nitrogens is 3. The molecule has 7 nitrogen and oxygen atoms in total. The van der Waals surface area contributed by atoms with Gasteiger partial charge in [-0.1, -0.05) is 19.3 Å². The van der Waals surface area contributed by atoms with Crippen LogP contribution >= 0.6 is 0 Å². The number of rotatable bonds is 3. The lowest BCUT2D eigenvalue weighted by atomic mass is 9.94. The van der Waals surface area contributed by atoms with E-state index in [-0.39, 0.29) is 11.8 Å². The molecule has 0 bridgehead atoms. The van der Waals surface area contributed by atoms with Gasteiger partial charge in [-0.05, 0) is 25.3 Å². The molecule has 1 aliphatic carbocycles. The molecule has 2 aliphatic rings. The van der Waals surface area contributed by atoms with Gasteiger partial charge < -0.3 is 14.8 Å². The van der Waals surface area contributed by atoms with Crippen LogP contribution in [-0.2, 0) is 11.8 Å². The van der Waals surface area contributed by atoms with Gasteiger partial charge in [0.1, 0.15) is 11.6 Å². The summed E-state index contributed by atoms with van der Waals surface area (Å²) in [5, 5.41) is 2.88. The van der Waals surface area contributed by atoms with Crippen molar-refractivity contribution in [2.45, 2.75) is 50.6 Å². The summed E-state index contributed by atoms with van der Waals surface area (Å²) in [6, 6.07) is 1.65. The van der Waals surface area contributed by atoms with Crippen LogP contribution in [-0.4, -0.2) is 49.9 Å². The van der Waals surface area contributed by atoms with Gasteiger partial charge in [0.25, 0.3) is 5.91 Å². The van der Waals surface area contributed by atoms with Gasteiger partial charge in [-0.15, -0.1) is 0 Å². The van der Waals surface area contributed by atoms with Crippen LogP contribution in [0.4, 0.5) is 0 Å². The van der Waals surface area contributed by atoms with Crippen molar-refractivity contribution in [3.05, 3.63) is 24.2 Å². The quantitative estimate of drug-likeness (QED) is 0.920. The monoisotopic (exact) mass is 341 g/mol. The molecule has 1 N–H and O–H groups in total. The van der Waals surface area contributed by atoms with E-state index in [1.807, 2.05) is 11.9 Å². The number of carbonyl (C=O) groups is 2. The number of amides is 2. The average molecular weight is 341 g/mol. The first-order valence-electron chi connectivity index (χ1n) is 9.02. The molecule has 1 saturated carbocycles. The molecule has 4 rings (SSSR count). The summed E-state index contributed by atoms with van der Waals surface area (Å²) in [4.78, 5) is 35.7. The van der Waals surface area contributed by atoms with Crippen molar-refractivity contribution < 1.29 is 9.59 Å². The van der Waals surface area contributed by atoms with Crippen molar-refractivity contribution in [3.63, 3.8) is 0 Å². The van der Waals surface area contributed by atoms with E-state index in [0.717, 1.165) is 25.0 Å². The summed E-state index contributed by atoms with van der Waals surface area (Å²) in [6.45, 7) is 0.742. The first kappa shape index (κ1) is 16.1. The second-order valence-corrected chi connectivity index (χ2v) is 7.06. The number of likely N-dealkylation sites (tertiary alicyclic amines) is 1. The third-order valence-corrected chi connectivity index (χ3v) is 5.37. The van der Waals surface area contributed by atoms with E-state index in [2.05, 4.69) is 15.3 Å². The lowest BCUT2D eigenvalue weighted by Gasteiger charge is -2.31. The molecule has 2 amide bonds. The highest BCUT2D eigenvalue weighted by Gasteiger charge is 2.37. The minimum absolute atomic E-state index is 0.0622. The molecule has 0 aromatic carbocycles. The van der Waals surface area contributed by atoms with Crippen LogP contribution in [0.3, 0.4) is 0 Å². The number of pyridine rings is 1. The van der Waals surface area contributed by atoms with E-state index >= 15 is 0 Å². The Morgan fingerprint density at radius 3 is 2.80 bits per heavy atom. The second-order valence-electron chi connectivity index (χ2n) is 7.06. The van der Waals surface area contributed by atoms with Gasteiger partial charge in [-0.3, -0.25) is 9.59 Å². The molecule has 3 heterocycles. The number of imidazole rings is 1. The molecule has 25 heavy (non-hydrogen) atoms. The largest absolute Gasteiger partial charge is 0.340 e. The van der Waals surface area contributed by atoms with Crippen molar-refractivity contribution in [3.8, 4) is 0 Å². The number of carbonyl (C=O) groups excluding carboxylic acids is 2. The van der Waals surface area contributed by atoms with Gasteiger partial charge >= 0.3 is 0 Å². The predicted octanol–water partition coefficient (Wildman–Crippen LogP) is 1.63. The minimum Gasteiger partial charge on any atom is -0.340 e. The van der Waals surface area contributed by atoms with E-state index < -0.39 is 6.04 Å². The van der Waals surface area contributed by atoms with E-state index in [1.165, 1.54) is 25.5 Å². The Balaban J connectivity index is 1.44. The van der Waals surface area contributed by atoms with Crippen LogP contribution in [0.1, 0.15) is 48.9 Å². The number of nitrogens with one attached hydrogen (secondary N) is 1. The Morgan fingerprint density at radius 2 is 2.00 bits per heavy atom. The SMILES string of the molecule is Cn1cnc2cc(C(=O)N[C@H]3CCN(C4CCCCC4)C3=O)cnc21. The Labute approximate surface area is 146 Å². The molecule has 7 heteroatoms. The maximum atomic E-state index is 12.7. The molecular formula is C18H23N5O2. The van der Waals surface area contributed by atoms with Crippen molar-refractivity contribution in [2.24, 2.45) is 7.05 Å². The Morgan fingerprint density at radius 1 is 1.20 bits per heavy atom. The Bertz CT molecular complexity index is 809. The molecular weight excluding hydrogens is 318 g/mol. The molecule has 132 valence electrons. The zero-order valence-corrected chi connectivity index (χ0v) is 14.4. The molecule has 2 aromatic heterocycles. The predicted molar refractivity (Wildman–Crippen MR) is 93.0 cm³/mol. The molecule has 2 fully saturated rings. The summed E-state index contributed by atoms with van der Waals surface area (Å²) >= 11 is 0. The van der Waals surface area contributed by atoms with Crippen LogP contribution in [0.5, 0.6) is 0 Å². The average Bonchev–Trinajstić information content (AvgIpc) is 3.19. The first-order chi connectivity index (χ1) is 12.1. The number of hydrogen-bond acceptors (Lipinski definition) is 4. The lowest BCUT2D eigenvalue weighted by molar-refractivity contribution is -0.131. The fourth-order valence-electron chi connectivity index (χ4n) is 3.97. The van der Waals surface area contributed by atoms with Gasteiger partial charge in [-0.2, -0.15) is 0 Å². The van der Waals surface area contributed by atoms with Crippen LogP contribution in [0.2, 0.25) is 0 Å². The molecule has 1 atom stereocenters. The number of nitrogens with zero attached hydrogens (tertiary/aromatic N) is 4. The number of aryl methyl sites for hydroxylation is 1. The number of hydrogen-bond donors (Lipinski definition) is 1. The molecule has 1 saturated heterocycles. The fraction of sp³-hybridized carbons (Fsp3) is 0.556. The summed E-state index contributed by atoms with van der Waals surface area (Å²) in [7, 11) is 1.86. The van der Waals surface area contributed by atoms with Crippen LogP contribution in [0, 0.1) is 0 Å². The summed E-state index contributed by atoms with van der Waals surface area (Å²) in [5.41, 5.74) is 1.85. The van der Waals surface area contributed by atoms with Crippen molar-refractivity contribution >= 4 is 23.0 Å². The van der Waals surface area contributed by atoms with E-state index in [1.54, 1.807) is 17.0 Å². The Hall–Kier alpha value is -2.44. The van der Waals surface area contributed by atoms with Crippen molar-refractivity contribution in [1.82, 2.24) is 24.8 Å². The molecule has 1 aliphatic heterocycles. The van der Waals surface area contributed by atoms with Gasteiger partial charge in [0, 0.05) is 25.8 Å². The third kappa shape index (κ3) is 2.99. The van der Waals surface area contributed by atoms with E-state index in [0.29, 0.717) is 23.5 Å². The van der Waals surface area contributed by atoms with E-state index in [4.69, 9.17) is 0 Å². The summed E-state index contributed by atoms with van der Waals surface area (Å²) in [5.74, 6) is -0.198. The van der Waals surface area contributed by atoms with Crippen LogP contribution < -0.4 is 5.32 Å².